The topological polar surface area (TPSA) is 41.1 Å². The lowest BCUT2D eigenvalue weighted by molar-refractivity contribution is -0.114. The van der Waals surface area contributed by atoms with Gasteiger partial charge in [0, 0.05) is 11.4 Å². The Labute approximate surface area is 138 Å². The highest BCUT2D eigenvalue weighted by Gasteiger charge is 2.18. The van der Waals surface area contributed by atoms with Gasteiger partial charge in [-0.15, -0.1) is 12.4 Å². The Bertz CT molecular complexity index is 606. The third-order valence-electron chi connectivity index (χ3n) is 3.24. The van der Waals surface area contributed by atoms with E-state index < -0.39 is 0 Å². The average molecular weight is 319 g/mol. The maximum absolute atomic E-state index is 12.1. The van der Waals surface area contributed by atoms with Gasteiger partial charge in [0.05, 0.1) is 6.54 Å². The molecule has 0 aliphatic heterocycles. The van der Waals surface area contributed by atoms with Crippen LogP contribution in [0.1, 0.15) is 26.3 Å². The molecular formula is C18H23ClN2O. The van der Waals surface area contributed by atoms with Crippen LogP contribution in [-0.2, 0) is 10.2 Å². The summed E-state index contributed by atoms with van der Waals surface area (Å²) in [5.41, 5.74) is 2.95. The molecule has 2 aromatic rings. The van der Waals surface area contributed by atoms with Gasteiger partial charge in [-0.25, -0.2) is 0 Å². The number of para-hydroxylation sites is 2. The fraction of sp³-hybridized carbons (Fsp3) is 0.278. The van der Waals surface area contributed by atoms with E-state index in [-0.39, 0.29) is 30.3 Å². The second-order valence-corrected chi connectivity index (χ2v) is 6.06. The van der Waals surface area contributed by atoms with Crippen LogP contribution in [0.4, 0.5) is 11.4 Å². The molecule has 0 saturated carbocycles. The minimum absolute atomic E-state index is 0. The fourth-order valence-corrected chi connectivity index (χ4v) is 2.18. The second-order valence-electron chi connectivity index (χ2n) is 6.06. The maximum Gasteiger partial charge on any atom is 0.243 e. The summed E-state index contributed by atoms with van der Waals surface area (Å²) in [4.78, 5) is 12.1. The van der Waals surface area contributed by atoms with Crippen LogP contribution in [0.3, 0.4) is 0 Å². The highest BCUT2D eigenvalue weighted by atomic mass is 35.5. The molecule has 22 heavy (non-hydrogen) atoms. The van der Waals surface area contributed by atoms with E-state index in [4.69, 9.17) is 0 Å². The van der Waals surface area contributed by atoms with E-state index in [9.17, 15) is 4.79 Å². The smallest absolute Gasteiger partial charge is 0.243 e. The van der Waals surface area contributed by atoms with Crippen molar-refractivity contribution in [3.8, 4) is 0 Å². The van der Waals surface area contributed by atoms with Gasteiger partial charge >= 0.3 is 0 Å². The third-order valence-corrected chi connectivity index (χ3v) is 3.24. The summed E-state index contributed by atoms with van der Waals surface area (Å²) in [6.07, 6.45) is 0. The first-order chi connectivity index (χ1) is 9.97. The van der Waals surface area contributed by atoms with Crippen molar-refractivity contribution in [1.29, 1.82) is 0 Å². The van der Waals surface area contributed by atoms with Crippen molar-refractivity contribution in [1.82, 2.24) is 0 Å². The Kier molecular flexibility index (Phi) is 6.44. The molecule has 3 nitrogen and oxygen atoms in total. The number of anilines is 2. The van der Waals surface area contributed by atoms with Gasteiger partial charge in [0.15, 0.2) is 0 Å². The SMILES string of the molecule is CC(C)(C)c1ccccc1NC(=O)CNc1ccccc1.Cl. The fourth-order valence-electron chi connectivity index (χ4n) is 2.18. The van der Waals surface area contributed by atoms with E-state index in [2.05, 4.69) is 37.5 Å². The molecule has 0 aliphatic rings. The predicted octanol–water partition coefficient (Wildman–Crippen LogP) is 4.46. The molecular weight excluding hydrogens is 296 g/mol. The molecule has 0 radical (unpaired) electrons. The van der Waals surface area contributed by atoms with Gasteiger partial charge in [0.1, 0.15) is 0 Å². The van der Waals surface area contributed by atoms with Crippen molar-refractivity contribution in [2.75, 3.05) is 17.2 Å². The van der Waals surface area contributed by atoms with Crippen LogP contribution in [0.15, 0.2) is 54.6 Å². The van der Waals surface area contributed by atoms with Crippen molar-refractivity contribution < 1.29 is 4.79 Å². The van der Waals surface area contributed by atoms with Crippen molar-refractivity contribution in [2.24, 2.45) is 0 Å². The summed E-state index contributed by atoms with van der Waals surface area (Å²) in [5, 5.41) is 6.10. The number of carbonyl (C=O) groups is 1. The summed E-state index contributed by atoms with van der Waals surface area (Å²) >= 11 is 0. The van der Waals surface area contributed by atoms with Gasteiger partial charge < -0.3 is 10.6 Å². The van der Waals surface area contributed by atoms with Crippen LogP contribution in [0.5, 0.6) is 0 Å². The van der Waals surface area contributed by atoms with Gasteiger partial charge in [-0.05, 0) is 29.2 Å². The minimum Gasteiger partial charge on any atom is -0.376 e. The lowest BCUT2D eigenvalue weighted by Crippen LogP contribution is -2.24. The van der Waals surface area contributed by atoms with Gasteiger partial charge in [-0.2, -0.15) is 0 Å². The van der Waals surface area contributed by atoms with E-state index >= 15 is 0 Å². The van der Waals surface area contributed by atoms with Gasteiger partial charge in [-0.3, -0.25) is 4.79 Å². The van der Waals surface area contributed by atoms with Crippen LogP contribution in [-0.4, -0.2) is 12.5 Å². The Morgan fingerprint density at radius 3 is 2.18 bits per heavy atom. The van der Waals surface area contributed by atoms with Gasteiger partial charge in [0.25, 0.3) is 0 Å². The molecule has 0 saturated heterocycles. The molecule has 2 aromatic carbocycles. The van der Waals surface area contributed by atoms with Crippen LogP contribution in [0.25, 0.3) is 0 Å². The number of benzene rings is 2. The number of hydrogen-bond acceptors (Lipinski definition) is 2. The van der Waals surface area contributed by atoms with Crippen molar-refractivity contribution >= 4 is 29.7 Å². The number of amides is 1. The third kappa shape index (κ3) is 5.08. The predicted molar refractivity (Wildman–Crippen MR) is 96.0 cm³/mol. The Morgan fingerprint density at radius 1 is 0.955 bits per heavy atom. The lowest BCUT2D eigenvalue weighted by Gasteiger charge is -2.23. The number of nitrogens with one attached hydrogen (secondary N) is 2. The zero-order chi connectivity index (χ0) is 15.3. The first-order valence-electron chi connectivity index (χ1n) is 7.15. The van der Waals surface area contributed by atoms with Crippen LogP contribution in [0, 0.1) is 0 Å². The molecule has 2 rings (SSSR count). The summed E-state index contributed by atoms with van der Waals surface area (Å²) in [5.74, 6) is -0.0458. The zero-order valence-electron chi connectivity index (χ0n) is 13.2. The molecule has 1 amide bonds. The van der Waals surface area contributed by atoms with E-state index in [1.54, 1.807) is 0 Å². The molecule has 0 aliphatic carbocycles. The Hall–Kier alpha value is -2.00. The van der Waals surface area contributed by atoms with Gasteiger partial charge in [-0.1, -0.05) is 57.2 Å². The quantitative estimate of drug-likeness (QED) is 0.874. The first-order valence-corrected chi connectivity index (χ1v) is 7.15. The number of hydrogen-bond donors (Lipinski definition) is 2. The lowest BCUT2D eigenvalue weighted by atomic mass is 9.86. The standard InChI is InChI=1S/C18H22N2O.ClH/c1-18(2,3)15-11-7-8-12-16(15)20-17(21)13-19-14-9-5-4-6-10-14;/h4-12,19H,13H2,1-3H3,(H,20,21);1H. The summed E-state index contributed by atoms with van der Waals surface area (Å²) in [7, 11) is 0. The molecule has 0 fully saturated rings. The van der Waals surface area contributed by atoms with E-state index in [1.165, 1.54) is 0 Å². The van der Waals surface area contributed by atoms with Crippen molar-refractivity contribution in [3.63, 3.8) is 0 Å². The molecule has 0 bridgehead atoms. The van der Waals surface area contributed by atoms with Crippen LogP contribution < -0.4 is 10.6 Å². The van der Waals surface area contributed by atoms with Crippen molar-refractivity contribution in [2.45, 2.75) is 26.2 Å². The van der Waals surface area contributed by atoms with Crippen LogP contribution in [0.2, 0.25) is 0 Å². The molecule has 0 spiro atoms. The normalized spacial score (nSPS) is 10.5. The zero-order valence-corrected chi connectivity index (χ0v) is 14.0. The molecule has 0 unspecified atom stereocenters. The van der Waals surface area contributed by atoms with Gasteiger partial charge in [0.2, 0.25) is 5.91 Å². The number of carbonyl (C=O) groups excluding carboxylic acids is 1. The largest absolute Gasteiger partial charge is 0.376 e. The van der Waals surface area contributed by atoms with Crippen LogP contribution >= 0.6 is 12.4 Å². The Balaban J connectivity index is 0.00000242. The minimum atomic E-state index is -0.0458. The molecule has 118 valence electrons. The molecule has 0 atom stereocenters. The highest BCUT2D eigenvalue weighted by molar-refractivity contribution is 5.94. The summed E-state index contributed by atoms with van der Waals surface area (Å²) in [6.45, 7) is 6.67. The second kappa shape index (κ2) is 7.85. The number of halogens is 1. The van der Waals surface area contributed by atoms with E-state index in [1.807, 2.05) is 48.5 Å². The molecule has 4 heteroatoms. The van der Waals surface area contributed by atoms with E-state index in [0.29, 0.717) is 0 Å². The van der Waals surface area contributed by atoms with E-state index in [0.717, 1.165) is 16.9 Å². The average Bonchev–Trinajstić information content (AvgIpc) is 2.46. The van der Waals surface area contributed by atoms with Crippen molar-refractivity contribution in [3.05, 3.63) is 60.2 Å². The molecule has 2 N–H and O–H groups in total. The highest BCUT2D eigenvalue weighted by Crippen LogP contribution is 2.29. The molecule has 0 heterocycles. The Morgan fingerprint density at radius 2 is 1.55 bits per heavy atom. The summed E-state index contributed by atoms with van der Waals surface area (Å²) < 4.78 is 0. The first kappa shape index (κ1) is 18.1. The molecule has 0 aromatic heterocycles. The maximum atomic E-state index is 12.1. The summed E-state index contributed by atoms with van der Waals surface area (Å²) in [6, 6.07) is 17.6. The monoisotopic (exact) mass is 318 g/mol. The number of rotatable bonds is 4.